The fourth-order valence-corrected chi connectivity index (χ4v) is 4.10. The lowest BCUT2D eigenvalue weighted by Crippen LogP contribution is -2.04. The lowest BCUT2D eigenvalue weighted by atomic mass is 9.84. The third-order valence-electron chi connectivity index (χ3n) is 4.40. The van der Waals surface area contributed by atoms with E-state index in [-0.39, 0.29) is 5.92 Å². The van der Waals surface area contributed by atoms with E-state index in [9.17, 15) is 0 Å². The van der Waals surface area contributed by atoms with Crippen LogP contribution >= 0.6 is 47.8 Å². The van der Waals surface area contributed by atoms with E-state index in [0.29, 0.717) is 0 Å². The number of halogens is 3. The van der Waals surface area contributed by atoms with E-state index in [2.05, 4.69) is 121 Å². The van der Waals surface area contributed by atoms with E-state index in [1.54, 1.807) is 0 Å². The van der Waals surface area contributed by atoms with Gasteiger partial charge in [0.1, 0.15) is 0 Å². The molecule has 25 heavy (non-hydrogen) atoms. The van der Waals surface area contributed by atoms with E-state index >= 15 is 0 Å². The SMILES string of the molecule is BrCc1ccc(C(c2ccc(CBr)cc2)c2ccc(CBr)cc2)cc1. The normalized spacial score (nSPS) is 11.0. The summed E-state index contributed by atoms with van der Waals surface area (Å²) in [6.07, 6.45) is 0. The number of benzene rings is 3. The van der Waals surface area contributed by atoms with Crippen LogP contribution < -0.4 is 0 Å². The van der Waals surface area contributed by atoms with Gasteiger partial charge in [0.2, 0.25) is 0 Å². The molecule has 0 aliphatic heterocycles. The Kier molecular flexibility index (Phi) is 6.92. The zero-order valence-electron chi connectivity index (χ0n) is 13.8. The molecular formula is C22H19Br3. The number of rotatable bonds is 6. The molecule has 128 valence electrons. The van der Waals surface area contributed by atoms with E-state index in [1.807, 2.05) is 0 Å². The summed E-state index contributed by atoms with van der Waals surface area (Å²) in [5.74, 6) is 0.248. The molecule has 0 fully saturated rings. The van der Waals surface area contributed by atoms with Crippen LogP contribution in [0.4, 0.5) is 0 Å². The van der Waals surface area contributed by atoms with Crippen molar-refractivity contribution in [3.8, 4) is 0 Å². The zero-order valence-corrected chi connectivity index (χ0v) is 18.5. The van der Waals surface area contributed by atoms with Crippen molar-refractivity contribution in [2.24, 2.45) is 0 Å². The zero-order chi connectivity index (χ0) is 17.6. The summed E-state index contributed by atoms with van der Waals surface area (Å²) in [6, 6.07) is 26.7. The predicted octanol–water partition coefficient (Wildman–Crippen LogP) is 7.55. The van der Waals surface area contributed by atoms with Crippen molar-refractivity contribution in [2.75, 3.05) is 0 Å². The van der Waals surface area contributed by atoms with Crippen molar-refractivity contribution in [3.63, 3.8) is 0 Å². The first kappa shape index (κ1) is 18.9. The Balaban J connectivity index is 2.04. The first-order chi connectivity index (χ1) is 12.2. The molecule has 0 amide bonds. The van der Waals surface area contributed by atoms with Crippen molar-refractivity contribution in [2.45, 2.75) is 21.9 Å². The summed E-state index contributed by atoms with van der Waals surface area (Å²) in [5, 5.41) is 2.66. The summed E-state index contributed by atoms with van der Waals surface area (Å²) < 4.78 is 0. The minimum atomic E-state index is 0.248. The first-order valence-corrected chi connectivity index (χ1v) is 11.6. The lowest BCUT2D eigenvalue weighted by molar-refractivity contribution is 0.972. The Bertz CT molecular complexity index is 677. The molecule has 0 bridgehead atoms. The molecule has 3 aromatic carbocycles. The second kappa shape index (κ2) is 9.16. The third-order valence-corrected chi connectivity index (χ3v) is 6.34. The highest BCUT2D eigenvalue weighted by Gasteiger charge is 2.17. The maximum absolute atomic E-state index is 3.53. The van der Waals surface area contributed by atoms with Gasteiger partial charge in [0, 0.05) is 21.9 Å². The van der Waals surface area contributed by atoms with Crippen LogP contribution in [-0.4, -0.2) is 0 Å². The minimum absolute atomic E-state index is 0.248. The molecule has 3 aromatic rings. The van der Waals surface area contributed by atoms with Gasteiger partial charge >= 0.3 is 0 Å². The number of alkyl halides is 3. The molecule has 0 nitrogen and oxygen atoms in total. The molecule has 0 aromatic heterocycles. The van der Waals surface area contributed by atoms with Gasteiger partial charge < -0.3 is 0 Å². The van der Waals surface area contributed by atoms with Crippen molar-refractivity contribution in [1.82, 2.24) is 0 Å². The monoisotopic (exact) mass is 520 g/mol. The highest BCUT2D eigenvalue weighted by Crippen LogP contribution is 2.33. The summed E-state index contributed by atoms with van der Waals surface area (Å²) in [5.41, 5.74) is 7.86. The molecule has 0 atom stereocenters. The van der Waals surface area contributed by atoms with Gasteiger partial charge in [-0.25, -0.2) is 0 Å². The van der Waals surface area contributed by atoms with Crippen molar-refractivity contribution in [1.29, 1.82) is 0 Å². The van der Waals surface area contributed by atoms with Crippen LogP contribution in [0.2, 0.25) is 0 Å². The van der Waals surface area contributed by atoms with Gasteiger partial charge in [-0.05, 0) is 33.4 Å². The van der Waals surface area contributed by atoms with E-state index in [0.717, 1.165) is 16.0 Å². The molecule has 0 N–H and O–H groups in total. The van der Waals surface area contributed by atoms with E-state index in [4.69, 9.17) is 0 Å². The van der Waals surface area contributed by atoms with E-state index < -0.39 is 0 Å². The summed E-state index contributed by atoms with van der Waals surface area (Å²) in [6.45, 7) is 0. The molecule has 3 heteroatoms. The standard InChI is InChI=1S/C22H19Br3/c23-13-16-1-7-19(8-2-16)22(20-9-3-17(14-24)4-10-20)21-11-5-18(15-25)6-12-21/h1-12,22H,13-15H2. The number of hydrogen-bond acceptors (Lipinski definition) is 0. The highest BCUT2D eigenvalue weighted by molar-refractivity contribution is 9.09. The highest BCUT2D eigenvalue weighted by atomic mass is 79.9. The molecule has 0 radical (unpaired) electrons. The maximum Gasteiger partial charge on any atom is 0.0339 e. The molecule has 0 saturated heterocycles. The molecule has 0 spiro atoms. The van der Waals surface area contributed by atoms with Gasteiger partial charge in [-0.1, -0.05) is 121 Å². The molecular weight excluding hydrogens is 504 g/mol. The quantitative estimate of drug-likeness (QED) is 0.231. The van der Waals surface area contributed by atoms with Gasteiger partial charge in [-0.15, -0.1) is 0 Å². The summed E-state index contributed by atoms with van der Waals surface area (Å²) >= 11 is 10.6. The molecule has 3 rings (SSSR count). The average Bonchev–Trinajstić information content (AvgIpc) is 2.70. The Morgan fingerprint density at radius 3 is 0.880 bits per heavy atom. The summed E-state index contributed by atoms with van der Waals surface area (Å²) in [4.78, 5) is 0. The molecule has 0 unspecified atom stereocenters. The second-order valence-electron chi connectivity index (χ2n) is 6.06. The smallest absolute Gasteiger partial charge is 0.0339 e. The van der Waals surface area contributed by atoms with Crippen LogP contribution in [0.1, 0.15) is 39.3 Å². The Morgan fingerprint density at radius 1 is 0.440 bits per heavy atom. The maximum atomic E-state index is 3.53. The fourth-order valence-electron chi connectivity index (χ4n) is 2.97. The first-order valence-electron chi connectivity index (χ1n) is 8.19. The Hall–Kier alpha value is -0.900. The van der Waals surface area contributed by atoms with Gasteiger partial charge in [0.15, 0.2) is 0 Å². The second-order valence-corrected chi connectivity index (χ2v) is 7.74. The predicted molar refractivity (Wildman–Crippen MR) is 118 cm³/mol. The van der Waals surface area contributed by atoms with Gasteiger partial charge in [-0.3, -0.25) is 0 Å². The molecule has 0 heterocycles. The molecule has 0 aliphatic rings. The van der Waals surface area contributed by atoms with Crippen LogP contribution in [0.3, 0.4) is 0 Å². The van der Waals surface area contributed by atoms with Crippen molar-refractivity contribution < 1.29 is 0 Å². The van der Waals surface area contributed by atoms with Crippen molar-refractivity contribution in [3.05, 3.63) is 106 Å². The third kappa shape index (κ3) is 4.64. The number of hydrogen-bond donors (Lipinski definition) is 0. The fraction of sp³-hybridized carbons (Fsp3) is 0.182. The van der Waals surface area contributed by atoms with Crippen molar-refractivity contribution >= 4 is 47.8 Å². The summed E-state index contributed by atoms with van der Waals surface area (Å²) in [7, 11) is 0. The van der Waals surface area contributed by atoms with Gasteiger partial charge in [-0.2, -0.15) is 0 Å². The van der Waals surface area contributed by atoms with Gasteiger partial charge in [0.25, 0.3) is 0 Å². The van der Waals surface area contributed by atoms with E-state index in [1.165, 1.54) is 33.4 Å². The molecule has 0 saturated carbocycles. The van der Waals surface area contributed by atoms with Crippen LogP contribution in [0.25, 0.3) is 0 Å². The van der Waals surface area contributed by atoms with Gasteiger partial charge in [0.05, 0.1) is 0 Å². The lowest BCUT2D eigenvalue weighted by Gasteiger charge is -2.20. The van der Waals surface area contributed by atoms with Crippen LogP contribution in [0.5, 0.6) is 0 Å². The Labute approximate surface area is 175 Å². The van der Waals surface area contributed by atoms with Crippen LogP contribution in [0, 0.1) is 0 Å². The topological polar surface area (TPSA) is 0 Å². The van der Waals surface area contributed by atoms with Crippen LogP contribution in [-0.2, 0) is 16.0 Å². The van der Waals surface area contributed by atoms with Crippen LogP contribution in [0.15, 0.2) is 72.8 Å². The molecule has 0 aliphatic carbocycles. The Morgan fingerprint density at radius 2 is 0.680 bits per heavy atom. The minimum Gasteiger partial charge on any atom is -0.0876 e. The largest absolute Gasteiger partial charge is 0.0876 e. The average molecular weight is 523 g/mol.